The minimum absolute atomic E-state index is 0.0357. The van der Waals surface area contributed by atoms with E-state index in [1.807, 2.05) is 6.07 Å². The molecular weight excluding hydrogens is 214 g/mol. The number of rotatable bonds is 3. The summed E-state index contributed by atoms with van der Waals surface area (Å²) in [6, 6.07) is 4.02. The fourth-order valence-corrected chi connectivity index (χ4v) is 3.03. The Bertz CT molecular complexity index is 446. The number of hydrogen-bond acceptors (Lipinski definition) is 3. The zero-order valence-corrected chi connectivity index (χ0v) is 10.1. The fourth-order valence-electron chi connectivity index (χ4n) is 3.03. The predicted molar refractivity (Wildman–Crippen MR) is 63.9 cm³/mol. The Morgan fingerprint density at radius 2 is 2.35 bits per heavy atom. The van der Waals surface area contributed by atoms with Gasteiger partial charge in [0.15, 0.2) is 5.78 Å². The van der Waals surface area contributed by atoms with E-state index in [0.29, 0.717) is 0 Å². The van der Waals surface area contributed by atoms with Crippen molar-refractivity contribution in [1.82, 2.24) is 4.98 Å². The van der Waals surface area contributed by atoms with Gasteiger partial charge in [0.1, 0.15) is 5.60 Å². The van der Waals surface area contributed by atoms with Crippen LogP contribution in [0.4, 0.5) is 0 Å². The van der Waals surface area contributed by atoms with Crippen LogP contribution >= 0.6 is 0 Å². The van der Waals surface area contributed by atoms with Crippen molar-refractivity contribution in [3.63, 3.8) is 0 Å². The Morgan fingerprint density at radius 1 is 1.53 bits per heavy atom. The fraction of sp³-hybridized carbons (Fsp3) is 0.571. The summed E-state index contributed by atoms with van der Waals surface area (Å²) in [4.78, 5) is 17.0. The molecule has 0 saturated heterocycles. The monoisotopic (exact) mass is 231 g/mol. The van der Waals surface area contributed by atoms with Gasteiger partial charge in [-0.3, -0.25) is 9.78 Å². The first kappa shape index (κ1) is 10.9. The van der Waals surface area contributed by atoms with Crippen LogP contribution in [0.15, 0.2) is 18.3 Å². The maximum absolute atomic E-state index is 12.6. The highest BCUT2D eigenvalue weighted by Crippen LogP contribution is 2.43. The average molecular weight is 231 g/mol. The van der Waals surface area contributed by atoms with E-state index in [1.54, 1.807) is 13.3 Å². The topological polar surface area (TPSA) is 39.2 Å². The van der Waals surface area contributed by atoms with Gasteiger partial charge >= 0.3 is 0 Å². The Kier molecular flexibility index (Phi) is 2.51. The number of aryl methyl sites for hydroxylation is 1. The van der Waals surface area contributed by atoms with Crippen molar-refractivity contribution < 1.29 is 9.53 Å². The summed E-state index contributed by atoms with van der Waals surface area (Å²) in [6.07, 6.45) is 6.50. The molecule has 1 aromatic rings. The second-order valence-corrected chi connectivity index (χ2v) is 5.06. The number of methoxy groups -OCH3 is 1. The van der Waals surface area contributed by atoms with Gasteiger partial charge in [0.2, 0.25) is 0 Å². The molecule has 90 valence electrons. The second kappa shape index (κ2) is 3.91. The first-order valence-electron chi connectivity index (χ1n) is 6.30. The summed E-state index contributed by atoms with van der Waals surface area (Å²) in [6.45, 7) is 0. The molecule has 0 amide bonds. The van der Waals surface area contributed by atoms with Crippen molar-refractivity contribution in [2.24, 2.45) is 0 Å². The van der Waals surface area contributed by atoms with Crippen LogP contribution in [-0.4, -0.2) is 23.5 Å². The van der Waals surface area contributed by atoms with E-state index < -0.39 is 5.60 Å². The van der Waals surface area contributed by atoms with Crippen LogP contribution in [0.2, 0.25) is 0 Å². The van der Waals surface area contributed by atoms with Gasteiger partial charge < -0.3 is 4.74 Å². The van der Waals surface area contributed by atoms with Crippen molar-refractivity contribution in [3.05, 3.63) is 29.6 Å². The van der Waals surface area contributed by atoms with Crippen molar-refractivity contribution in [1.29, 1.82) is 0 Å². The molecule has 1 heterocycles. The third-order valence-electron chi connectivity index (χ3n) is 4.28. The highest BCUT2D eigenvalue weighted by molar-refractivity contribution is 5.94. The number of ether oxygens (including phenoxy) is 1. The van der Waals surface area contributed by atoms with Crippen LogP contribution in [0.3, 0.4) is 0 Å². The highest BCUT2D eigenvalue weighted by atomic mass is 16.5. The summed E-state index contributed by atoms with van der Waals surface area (Å²) in [7, 11) is 1.66. The van der Waals surface area contributed by atoms with Gasteiger partial charge in [-0.1, -0.05) is 6.07 Å². The summed E-state index contributed by atoms with van der Waals surface area (Å²) in [5.41, 5.74) is 1.72. The molecule has 17 heavy (non-hydrogen) atoms. The number of fused-ring (bicyclic) bond motifs is 1. The number of pyridine rings is 1. The molecule has 1 unspecified atom stereocenters. The van der Waals surface area contributed by atoms with Crippen LogP contribution in [-0.2, 0) is 16.0 Å². The second-order valence-electron chi connectivity index (χ2n) is 5.06. The van der Waals surface area contributed by atoms with E-state index in [1.165, 1.54) is 5.56 Å². The van der Waals surface area contributed by atoms with Crippen molar-refractivity contribution in [2.45, 2.75) is 43.6 Å². The summed E-state index contributed by atoms with van der Waals surface area (Å²) >= 11 is 0. The van der Waals surface area contributed by atoms with E-state index in [0.717, 1.165) is 37.8 Å². The minimum atomic E-state index is -0.496. The Balaban J connectivity index is 1.89. The number of carbonyl (C=O) groups is 1. The molecule has 1 fully saturated rings. The molecule has 1 aromatic heterocycles. The SMILES string of the molecule is COC1(C(=O)C2CCc3cccnc32)CCC1. The summed E-state index contributed by atoms with van der Waals surface area (Å²) in [5.74, 6) is 0.218. The smallest absolute Gasteiger partial charge is 0.173 e. The highest BCUT2D eigenvalue weighted by Gasteiger charge is 2.48. The molecule has 1 atom stereocenters. The number of nitrogens with zero attached hydrogens (tertiary/aromatic N) is 1. The van der Waals surface area contributed by atoms with Gasteiger partial charge in [0.25, 0.3) is 0 Å². The third-order valence-corrected chi connectivity index (χ3v) is 4.28. The first-order chi connectivity index (χ1) is 8.27. The maximum Gasteiger partial charge on any atom is 0.173 e. The summed E-state index contributed by atoms with van der Waals surface area (Å²) in [5, 5.41) is 0. The van der Waals surface area contributed by atoms with E-state index in [4.69, 9.17) is 4.74 Å². The first-order valence-corrected chi connectivity index (χ1v) is 6.30. The lowest BCUT2D eigenvalue weighted by Crippen LogP contribution is -2.49. The third kappa shape index (κ3) is 1.53. The molecule has 0 radical (unpaired) electrons. The van der Waals surface area contributed by atoms with Gasteiger partial charge in [-0.2, -0.15) is 0 Å². The van der Waals surface area contributed by atoms with Crippen LogP contribution < -0.4 is 0 Å². The molecule has 0 aromatic carbocycles. The standard InChI is InChI=1S/C14H17NO2/c1-17-14(7-3-8-14)13(16)11-6-5-10-4-2-9-15-12(10)11/h2,4,9,11H,3,5-8H2,1H3. The molecule has 2 aliphatic rings. The number of ketones is 1. The van der Waals surface area contributed by atoms with Crippen LogP contribution in [0.1, 0.15) is 42.9 Å². The molecular formula is C14H17NO2. The Morgan fingerprint density at radius 3 is 3.00 bits per heavy atom. The molecule has 0 spiro atoms. The normalized spacial score (nSPS) is 25.1. The molecule has 2 aliphatic carbocycles. The van der Waals surface area contributed by atoms with Gasteiger partial charge in [-0.05, 0) is 43.7 Å². The van der Waals surface area contributed by atoms with E-state index in [9.17, 15) is 4.79 Å². The van der Waals surface area contributed by atoms with Crippen molar-refractivity contribution in [2.75, 3.05) is 7.11 Å². The lowest BCUT2D eigenvalue weighted by atomic mass is 9.72. The van der Waals surface area contributed by atoms with Crippen LogP contribution in [0, 0.1) is 0 Å². The molecule has 3 nitrogen and oxygen atoms in total. The van der Waals surface area contributed by atoms with Crippen molar-refractivity contribution in [3.8, 4) is 0 Å². The average Bonchev–Trinajstić information content (AvgIpc) is 2.71. The lowest BCUT2D eigenvalue weighted by molar-refractivity contribution is -0.153. The molecule has 0 N–H and O–H groups in total. The molecule has 0 bridgehead atoms. The van der Waals surface area contributed by atoms with Crippen LogP contribution in [0.5, 0.6) is 0 Å². The number of carbonyl (C=O) groups excluding carboxylic acids is 1. The largest absolute Gasteiger partial charge is 0.370 e. The molecule has 1 saturated carbocycles. The van der Waals surface area contributed by atoms with Gasteiger partial charge in [-0.15, -0.1) is 0 Å². The van der Waals surface area contributed by atoms with Gasteiger partial charge in [0.05, 0.1) is 11.6 Å². The quantitative estimate of drug-likeness (QED) is 0.801. The van der Waals surface area contributed by atoms with Gasteiger partial charge in [-0.25, -0.2) is 0 Å². The van der Waals surface area contributed by atoms with E-state index in [2.05, 4.69) is 11.1 Å². The van der Waals surface area contributed by atoms with Gasteiger partial charge in [0, 0.05) is 13.3 Å². The van der Waals surface area contributed by atoms with Crippen LogP contribution in [0.25, 0.3) is 0 Å². The maximum atomic E-state index is 12.6. The van der Waals surface area contributed by atoms with E-state index in [-0.39, 0.29) is 11.7 Å². The molecule has 3 rings (SSSR count). The molecule has 0 aliphatic heterocycles. The number of Topliss-reactive ketones (excluding diaryl/α,β-unsaturated/α-hetero) is 1. The lowest BCUT2D eigenvalue weighted by Gasteiger charge is -2.40. The zero-order valence-electron chi connectivity index (χ0n) is 10.1. The Hall–Kier alpha value is -1.22. The minimum Gasteiger partial charge on any atom is -0.370 e. The molecule has 3 heteroatoms. The van der Waals surface area contributed by atoms with E-state index >= 15 is 0 Å². The summed E-state index contributed by atoms with van der Waals surface area (Å²) < 4.78 is 5.49. The number of aromatic nitrogens is 1. The zero-order chi connectivity index (χ0) is 11.9. The Labute approximate surface area is 101 Å². The van der Waals surface area contributed by atoms with Crippen molar-refractivity contribution >= 4 is 5.78 Å². The number of hydrogen-bond donors (Lipinski definition) is 0. The predicted octanol–water partition coefficient (Wildman–Crippen LogP) is 2.25.